The number of amides is 2. The molecule has 0 fully saturated rings. The quantitative estimate of drug-likeness (QED) is 0.571. The van der Waals surface area contributed by atoms with Crippen molar-refractivity contribution in [1.29, 1.82) is 0 Å². The largest absolute Gasteiger partial charge is 0.325 e. The summed E-state index contributed by atoms with van der Waals surface area (Å²) >= 11 is 1.32. The number of carbonyl (C=O) groups excluding carboxylic acids is 2. The molecule has 0 aromatic heterocycles. The number of rotatable bonds is 6. The van der Waals surface area contributed by atoms with E-state index in [1.807, 2.05) is 30.3 Å². The topological polar surface area (TPSA) is 58.2 Å². The zero-order valence-corrected chi connectivity index (χ0v) is 16.1. The van der Waals surface area contributed by atoms with Gasteiger partial charge in [0.25, 0.3) is 5.91 Å². The van der Waals surface area contributed by atoms with Crippen molar-refractivity contribution in [2.24, 2.45) is 0 Å². The molecule has 3 aromatic rings. The predicted octanol–water partition coefficient (Wildman–Crippen LogP) is 5.12. The summed E-state index contributed by atoms with van der Waals surface area (Å²) < 4.78 is 12.9. The van der Waals surface area contributed by atoms with E-state index >= 15 is 0 Å². The molecule has 0 radical (unpaired) electrons. The number of benzene rings is 3. The van der Waals surface area contributed by atoms with Gasteiger partial charge in [-0.3, -0.25) is 9.59 Å². The summed E-state index contributed by atoms with van der Waals surface area (Å²) in [6.45, 7) is 1.79. The minimum Gasteiger partial charge on any atom is -0.325 e. The fourth-order valence-corrected chi connectivity index (χ4v) is 3.30. The first kappa shape index (κ1) is 19.6. The first-order valence-electron chi connectivity index (χ1n) is 8.67. The maximum Gasteiger partial charge on any atom is 0.256 e. The zero-order chi connectivity index (χ0) is 19.9. The van der Waals surface area contributed by atoms with Gasteiger partial charge in [0, 0.05) is 21.8 Å². The van der Waals surface area contributed by atoms with Gasteiger partial charge in [0.1, 0.15) is 5.82 Å². The van der Waals surface area contributed by atoms with Gasteiger partial charge in [0.05, 0.1) is 5.75 Å². The van der Waals surface area contributed by atoms with Crippen LogP contribution in [0.3, 0.4) is 0 Å². The van der Waals surface area contributed by atoms with Crippen LogP contribution in [0.4, 0.5) is 15.8 Å². The standard InChI is InChI=1S/C22H19FN2O2S/c1-15-19(22(27)24-17-6-3-2-4-7-17)8-5-9-20(15)25-21(26)14-28-18-12-10-16(23)11-13-18/h2-13H,14H2,1H3,(H,24,27)(H,25,26). The summed E-state index contributed by atoms with van der Waals surface area (Å²) in [6, 6.07) is 20.4. The lowest BCUT2D eigenvalue weighted by Crippen LogP contribution is -2.18. The molecular weight excluding hydrogens is 375 g/mol. The third-order valence-corrected chi connectivity index (χ3v) is 5.08. The van der Waals surface area contributed by atoms with Crippen LogP contribution in [-0.2, 0) is 4.79 Å². The summed E-state index contributed by atoms with van der Waals surface area (Å²) in [7, 11) is 0. The fraction of sp³-hybridized carbons (Fsp3) is 0.0909. The Balaban J connectivity index is 1.64. The number of hydrogen-bond acceptors (Lipinski definition) is 3. The van der Waals surface area contributed by atoms with Crippen molar-refractivity contribution in [1.82, 2.24) is 0 Å². The van der Waals surface area contributed by atoms with E-state index in [4.69, 9.17) is 0 Å². The van der Waals surface area contributed by atoms with E-state index in [1.54, 1.807) is 37.3 Å². The average molecular weight is 394 g/mol. The lowest BCUT2D eigenvalue weighted by molar-refractivity contribution is -0.113. The third kappa shape index (κ3) is 5.20. The summed E-state index contributed by atoms with van der Waals surface area (Å²) in [5.41, 5.74) is 2.48. The van der Waals surface area contributed by atoms with E-state index in [0.717, 1.165) is 4.90 Å². The van der Waals surface area contributed by atoms with Crippen LogP contribution in [0.2, 0.25) is 0 Å². The molecule has 0 spiro atoms. The van der Waals surface area contributed by atoms with Crippen molar-refractivity contribution in [3.05, 3.63) is 89.7 Å². The summed E-state index contributed by atoms with van der Waals surface area (Å²) in [6.07, 6.45) is 0. The maximum atomic E-state index is 12.9. The van der Waals surface area contributed by atoms with Crippen LogP contribution in [0.1, 0.15) is 15.9 Å². The number of thioether (sulfide) groups is 1. The highest BCUT2D eigenvalue weighted by atomic mass is 32.2. The van der Waals surface area contributed by atoms with Crippen LogP contribution in [0.25, 0.3) is 0 Å². The molecular formula is C22H19FN2O2S. The van der Waals surface area contributed by atoms with Crippen molar-refractivity contribution < 1.29 is 14.0 Å². The molecule has 142 valence electrons. The molecule has 0 unspecified atom stereocenters. The van der Waals surface area contributed by atoms with Gasteiger partial charge in [-0.2, -0.15) is 0 Å². The minimum absolute atomic E-state index is 0.186. The van der Waals surface area contributed by atoms with Gasteiger partial charge in [0.15, 0.2) is 0 Å². The van der Waals surface area contributed by atoms with Gasteiger partial charge in [-0.15, -0.1) is 11.8 Å². The van der Waals surface area contributed by atoms with Gasteiger partial charge < -0.3 is 10.6 Å². The SMILES string of the molecule is Cc1c(NC(=O)CSc2ccc(F)cc2)cccc1C(=O)Nc1ccccc1. The monoisotopic (exact) mass is 394 g/mol. The van der Waals surface area contributed by atoms with E-state index in [9.17, 15) is 14.0 Å². The fourth-order valence-electron chi connectivity index (χ4n) is 2.60. The highest BCUT2D eigenvalue weighted by molar-refractivity contribution is 8.00. The number of hydrogen-bond donors (Lipinski definition) is 2. The minimum atomic E-state index is -0.310. The lowest BCUT2D eigenvalue weighted by Gasteiger charge is -2.13. The van der Waals surface area contributed by atoms with Crippen LogP contribution in [-0.4, -0.2) is 17.6 Å². The second-order valence-corrected chi connectivity index (χ2v) is 7.14. The van der Waals surface area contributed by atoms with Crippen molar-refractivity contribution >= 4 is 35.0 Å². The van der Waals surface area contributed by atoms with Crippen LogP contribution in [0, 0.1) is 12.7 Å². The molecule has 3 rings (SSSR count). The van der Waals surface area contributed by atoms with Crippen LogP contribution in [0.5, 0.6) is 0 Å². The number of nitrogens with one attached hydrogen (secondary N) is 2. The third-order valence-electron chi connectivity index (χ3n) is 4.07. The van der Waals surface area contributed by atoms with Crippen molar-refractivity contribution in [2.75, 3.05) is 16.4 Å². The van der Waals surface area contributed by atoms with E-state index in [1.165, 1.54) is 23.9 Å². The van der Waals surface area contributed by atoms with Crippen molar-refractivity contribution in [3.63, 3.8) is 0 Å². The molecule has 0 atom stereocenters. The maximum absolute atomic E-state index is 12.9. The predicted molar refractivity (Wildman–Crippen MR) is 111 cm³/mol. The first-order valence-corrected chi connectivity index (χ1v) is 9.66. The zero-order valence-electron chi connectivity index (χ0n) is 15.2. The number of para-hydroxylation sites is 1. The second-order valence-electron chi connectivity index (χ2n) is 6.09. The van der Waals surface area contributed by atoms with Gasteiger partial charge in [0.2, 0.25) is 5.91 Å². The van der Waals surface area contributed by atoms with Gasteiger partial charge in [-0.25, -0.2) is 4.39 Å². The smallest absolute Gasteiger partial charge is 0.256 e. The summed E-state index contributed by atoms with van der Waals surface area (Å²) in [5.74, 6) is -0.556. The molecule has 0 aliphatic heterocycles. The Labute approximate surface area is 167 Å². The Bertz CT molecular complexity index is 976. The van der Waals surface area contributed by atoms with Gasteiger partial charge in [-0.05, 0) is 61.0 Å². The Morgan fingerprint density at radius 2 is 1.61 bits per heavy atom. The highest BCUT2D eigenvalue weighted by Crippen LogP contribution is 2.22. The number of halogens is 1. The highest BCUT2D eigenvalue weighted by Gasteiger charge is 2.13. The van der Waals surface area contributed by atoms with Gasteiger partial charge in [-0.1, -0.05) is 24.3 Å². The molecule has 2 N–H and O–H groups in total. The normalized spacial score (nSPS) is 10.4. The molecule has 3 aromatic carbocycles. The molecule has 2 amide bonds. The summed E-state index contributed by atoms with van der Waals surface area (Å²) in [4.78, 5) is 25.6. The first-order chi connectivity index (χ1) is 13.5. The van der Waals surface area contributed by atoms with E-state index in [-0.39, 0.29) is 23.4 Å². The Morgan fingerprint density at radius 1 is 0.893 bits per heavy atom. The van der Waals surface area contributed by atoms with E-state index < -0.39 is 0 Å². The Hall–Kier alpha value is -3.12. The molecule has 6 heteroatoms. The van der Waals surface area contributed by atoms with Gasteiger partial charge >= 0.3 is 0 Å². The van der Waals surface area contributed by atoms with Crippen molar-refractivity contribution in [2.45, 2.75) is 11.8 Å². The molecule has 0 saturated heterocycles. The molecule has 0 saturated carbocycles. The molecule has 0 bridgehead atoms. The molecule has 28 heavy (non-hydrogen) atoms. The second kappa shape index (κ2) is 9.19. The Kier molecular flexibility index (Phi) is 6.45. The van der Waals surface area contributed by atoms with E-state index in [2.05, 4.69) is 10.6 Å². The van der Waals surface area contributed by atoms with Crippen LogP contribution < -0.4 is 10.6 Å². The molecule has 4 nitrogen and oxygen atoms in total. The molecule has 0 heterocycles. The molecule has 0 aliphatic rings. The average Bonchev–Trinajstić information content (AvgIpc) is 2.70. The molecule has 0 aliphatic carbocycles. The number of carbonyl (C=O) groups is 2. The lowest BCUT2D eigenvalue weighted by atomic mass is 10.1. The number of anilines is 2. The Morgan fingerprint density at radius 3 is 2.32 bits per heavy atom. The van der Waals surface area contributed by atoms with Crippen LogP contribution in [0.15, 0.2) is 77.7 Å². The van der Waals surface area contributed by atoms with E-state index in [0.29, 0.717) is 22.5 Å². The summed E-state index contributed by atoms with van der Waals surface area (Å²) in [5, 5.41) is 5.68. The van der Waals surface area contributed by atoms with Crippen molar-refractivity contribution in [3.8, 4) is 0 Å². The van der Waals surface area contributed by atoms with Crippen LogP contribution >= 0.6 is 11.8 Å².